The maximum Gasteiger partial charge on any atom is 0.248 e. The molecule has 4 rings (SSSR count). The van der Waals surface area contributed by atoms with Gasteiger partial charge in [0.1, 0.15) is 0 Å². The second-order valence-corrected chi connectivity index (χ2v) is 8.34. The van der Waals surface area contributed by atoms with E-state index < -0.39 is 0 Å². The van der Waals surface area contributed by atoms with Crippen molar-refractivity contribution in [3.8, 4) is 11.1 Å². The van der Waals surface area contributed by atoms with Gasteiger partial charge in [0.2, 0.25) is 11.8 Å². The van der Waals surface area contributed by atoms with Crippen LogP contribution in [0.4, 0.5) is 5.69 Å². The second-order valence-electron chi connectivity index (χ2n) is 8.34. The largest absolute Gasteiger partial charge is 0.348 e. The van der Waals surface area contributed by atoms with Gasteiger partial charge in [-0.1, -0.05) is 79.4 Å². The molecule has 0 aliphatic carbocycles. The van der Waals surface area contributed by atoms with Crippen LogP contribution < -0.4 is 10.6 Å². The van der Waals surface area contributed by atoms with Crippen LogP contribution in [-0.4, -0.2) is 17.6 Å². The molecular formula is C32H26N2O3. The molecule has 0 heterocycles. The lowest BCUT2D eigenvalue weighted by molar-refractivity contribution is -0.116. The molecular weight excluding hydrogens is 460 g/mol. The van der Waals surface area contributed by atoms with E-state index in [2.05, 4.69) is 17.2 Å². The molecule has 0 unspecified atom stereocenters. The lowest BCUT2D eigenvalue weighted by Gasteiger charge is -2.07. The average Bonchev–Trinajstić information content (AvgIpc) is 2.95. The molecule has 0 aliphatic heterocycles. The quantitative estimate of drug-likeness (QED) is 0.224. The Morgan fingerprint density at radius 2 is 1.41 bits per heavy atom. The van der Waals surface area contributed by atoms with E-state index in [0.29, 0.717) is 23.4 Å². The number of hydrogen-bond donors (Lipinski definition) is 2. The molecule has 0 atom stereocenters. The minimum Gasteiger partial charge on any atom is -0.348 e. The molecule has 4 aromatic carbocycles. The highest BCUT2D eigenvalue weighted by atomic mass is 16.2. The summed E-state index contributed by atoms with van der Waals surface area (Å²) in [6.07, 6.45) is 4.48. The summed E-state index contributed by atoms with van der Waals surface area (Å²) < 4.78 is 0. The molecule has 37 heavy (non-hydrogen) atoms. The maximum absolute atomic E-state index is 12.5. The fourth-order valence-corrected chi connectivity index (χ4v) is 3.72. The summed E-state index contributed by atoms with van der Waals surface area (Å²) in [4.78, 5) is 36.3. The first-order chi connectivity index (χ1) is 18.0. The topological polar surface area (TPSA) is 75.3 Å². The van der Waals surface area contributed by atoms with Crippen LogP contribution in [-0.2, 0) is 16.1 Å². The van der Waals surface area contributed by atoms with Crippen molar-refractivity contribution < 1.29 is 14.4 Å². The number of rotatable bonds is 9. The summed E-state index contributed by atoms with van der Waals surface area (Å²) in [7, 11) is 0. The Balaban J connectivity index is 1.36. The van der Waals surface area contributed by atoms with Crippen molar-refractivity contribution in [1.82, 2.24) is 5.32 Å². The Morgan fingerprint density at radius 1 is 0.703 bits per heavy atom. The first-order valence-corrected chi connectivity index (χ1v) is 11.8. The minimum absolute atomic E-state index is 0.0626. The van der Waals surface area contributed by atoms with Gasteiger partial charge in [0.15, 0.2) is 5.78 Å². The lowest BCUT2D eigenvalue weighted by Crippen LogP contribution is -2.19. The Labute approximate surface area is 216 Å². The zero-order valence-corrected chi connectivity index (χ0v) is 20.2. The number of carbonyl (C=O) groups excluding carboxylic acids is 3. The summed E-state index contributed by atoms with van der Waals surface area (Å²) in [6.45, 7) is 3.89. The second kappa shape index (κ2) is 12.1. The molecule has 0 aliphatic rings. The predicted octanol–water partition coefficient (Wildman–Crippen LogP) is 6.04. The van der Waals surface area contributed by atoms with E-state index in [-0.39, 0.29) is 17.6 Å². The Kier molecular flexibility index (Phi) is 8.19. The zero-order valence-electron chi connectivity index (χ0n) is 20.2. The van der Waals surface area contributed by atoms with Crippen LogP contribution in [0.15, 0.2) is 122 Å². The lowest BCUT2D eigenvalue weighted by atomic mass is 10.0. The summed E-state index contributed by atoms with van der Waals surface area (Å²) in [5.41, 5.74) is 5.72. The van der Waals surface area contributed by atoms with Gasteiger partial charge in [-0.15, -0.1) is 0 Å². The highest BCUT2D eigenvalue weighted by Gasteiger charge is 2.08. The number of hydrogen-bond acceptors (Lipinski definition) is 3. The van der Waals surface area contributed by atoms with Crippen molar-refractivity contribution in [3.05, 3.63) is 144 Å². The third-order valence-corrected chi connectivity index (χ3v) is 5.70. The van der Waals surface area contributed by atoms with Crippen molar-refractivity contribution in [2.75, 3.05) is 5.32 Å². The molecule has 0 fully saturated rings. The average molecular weight is 487 g/mol. The summed E-state index contributed by atoms with van der Waals surface area (Å²) >= 11 is 0. The first-order valence-electron chi connectivity index (χ1n) is 11.8. The highest BCUT2D eigenvalue weighted by Crippen LogP contribution is 2.22. The number of nitrogens with one attached hydrogen (secondary N) is 2. The zero-order chi connectivity index (χ0) is 26.0. The highest BCUT2D eigenvalue weighted by molar-refractivity contribution is 6.09. The molecule has 2 N–H and O–H groups in total. The maximum atomic E-state index is 12.5. The van der Waals surface area contributed by atoms with Crippen molar-refractivity contribution >= 4 is 29.4 Å². The van der Waals surface area contributed by atoms with Crippen LogP contribution >= 0.6 is 0 Å². The van der Waals surface area contributed by atoms with Crippen molar-refractivity contribution in [3.63, 3.8) is 0 Å². The van der Waals surface area contributed by atoms with Crippen molar-refractivity contribution in [1.29, 1.82) is 0 Å². The smallest absolute Gasteiger partial charge is 0.248 e. The number of amides is 2. The first kappa shape index (κ1) is 25.1. The molecule has 4 aromatic rings. The Bertz CT molecular complexity index is 1440. The number of carbonyl (C=O) groups is 3. The molecule has 5 nitrogen and oxygen atoms in total. The van der Waals surface area contributed by atoms with Crippen LogP contribution in [0.2, 0.25) is 0 Å². The van der Waals surface area contributed by atoms with Crippen LogP contribution in [0.25, 0.3) is 17.2 Å². The van der Waals surface area contributed by atoms with Crippen LogP contribution in [0.3, 0.4) is 0 Å². The Morgan fingerprint density at radius 3 is 2.11 bits per heavy atom. The van der Waals surface area contributed by atoms with E-state index in [0.717, 1.165) is 22.3 Å². The third-order valence-electron chi connectivity index (χ3n) is 5.70. The van der Waals surface area contributed by atoms with Gasteiger partial charge in [0.05, 0.1) is 0 Å². The van der Waals surface area contributed by atoms with Gasteiger partial charge >= 0.3 is 0 Å². The van der Waals surface area contributed by atoms with E-state index in [9.17, 15) is 14.4 Å². The molecule has 0 radical (unpaired) electrons. The molecule has 0 bridgehead atoms. The van der Waals surface area contributed by atoms with Gasteiger partial charge in [0.25, 0.3) is 0 Å². The normalized spacial score (nSPS) is 10.6. The van der Waals surface area contributed by atoms with E-state index >= 15 is 0 Å². The van der Waals surface area contributed by atoms with Crippen LogP contribution in [0.5, 0.6) is 0 Å². The van der Waals surface area contributed by atoms with Crippen molar-refractivity contribution in [2.45, 2.75) is 6.54 Å². The van der Waals surface area contributed by atoms with E-state index in [1.165, 1.54) is 12.2 Å². The van der Waals surface area contributed by atoms with E-state index in [4.69, 9.17) is 0 Å². The summed E-state index contributed by atoms with van der Waals surface area (Å²) in [5.74, 6) is -0.534. The fraction of sp³-hybridized carbons (Fsp3) is 0.0312. The molecule has 0 aromatic heterocycles. The van der Waals surface area contributed by atoms with Crippen LogP contribution in [0.1, 0.15) is 27.0 Å². The molecule has 5 heteroatoms. The van der Waals surface area contributed by atoms with Gasteiger partial charge in [0, 0.05) is 29.4 Å². The monoisotopic (exact) mass is 486 g/mol. The van der Waals surface area contributed by atoms with Gasteiger partial charge in [-0.3, -0.25) is 14.4 Å². The SMILES string of the molecule is C=CC(=O)NCc1ccc(-c2cccc(/C=C/C(=O)Nc3ccc(C(=O)c4ccccc4)cc3)c2)cc1. The molecule has 0 saturated carbocycles. The molecule has 0 spiro atoms. The molecule has 182 valence electrons. The van der Waals surface area contributed by atoms with Gasteiger partial charge in [-0.25, -0.2) is 0 Å². The van der Waals surface area contributed by atoms with Crippen LogP contribution in [0, 0.1) is 0 Å². The molecule has 0 saturated heterocycles. The fourth-order valence-electron chi connectivity index (χ4n) is 3.72. The summed E-state index contributed by atoms with van der Waals surface area (Å²) in [6, 6.07) is 31.7. The Hall–Kier alpha value is -5.03. The van der Waals surface area contributed by atoms with Gasteiger partial charge in [-0.2, -0.15) is 0 Å². The van der Waals surface area contributed by atoms with Crippen molar-refractivity contribution in [2.24, 2.45) is 0 Å². The standard InChI is InChI=1S/C32H26N2O3/c1-2-30(35)33-22-24-11-14-25(15-12-24)28-10-6-7-23(21-28)13-20-31(36)34-29-18-16-27(17-19-29)32(37)26-8-4-3-5-9-26/h2-21H,1,22H2,(H,33,35)(H,34,36)/b20-13+. The van der Waals surface area contributed by atoms with E-state index in [1.54, 1.807) is 42.5 Å². The number of ketones is 1. The number of anilines is 1. The predicted molar refractivity (Wildman–Crippen MR) is 148 cm³/mol. The molecule has 2 amide bonds. The third kappa shape index (κ3) is 6.99. The van der Waals surface area contributed by atoms with E-state index in [1.807, 2.05) is 66.7 Å². The number of benzene rings is 4. The minimum atomic E-state index is -0.265. The summed E-state index contributed by atoms with van der Waals surface area (Å²) in [5, 5.41) is 5.58. The van der Waals surface area contributed by atoms with Gasteiger partial charge < -0.3 is 10.6 Å². The van der Waals surface area contributed by atoms with Gasteiger partial charge in [-0.05, 0) is 64.7 Å².